The second-order valence-electron chi connectivity index (χ2n) is 6.40. The molecule has 2 heterocycles. The van der Waals surface area contributed by atoms with E-state index in [4.69, 9.17) is 4.74 Å². The first-order valence-electron chi connectivity index (χ1n) is 8.31. The van der Waals surface area contributed by atoms with E-state index >= 15 is 0 Å². The van der Waals surface area contributed by atoms with Crippen LogP contribution in [0.5, 0.6) is 0 Å². The number of amides is 1. The van der Waals surface area contributed by atoms with Gasteiger partial charge in [-0.2, -0.15) is 10.2 Å². The second kappa shape index (κ2) is 7.53. The average Bonchev–Trinajstić information content (AvgIpc) is 2.62. The van der Waals surface area contributed by atoms with Gasteiger partial charge in [-0.05, 0) is 31.4 Å². The van der Waals surface area contributed by atoms with Crippen molar-refractivity contribution in [3.8, 4) is 0 Å². The molecule has 0 aliphatic carbocycles. The van der Waals surface area contributed by atoms with Gasteiger partial charge in [0.2, 0.25) is 0 Å². The van der Waals surface area contributed by atoms with E-state index in [1.165, 1.54) is 17.3 Å². The van der Waals surface area contributed by atoms with Gasteiger partial charge in [-0.25, -0.2) is 0 Å². The molecule has 2 aromatic rings. The Balaban J connectivity index is 1.73. The average molecular weight is 325 g/mol. The number of nitrogens with zero attached hydrogens (tertiary/aromatic N) is 3. The highest BCUT2D eigenvalue weighted by molar-refractivity contribution is 5.93. The summed E-state index contributed by atoms with van der Waals surface area (Å²) >= 11 is 0. The molecule has 0 unspecified atom stereocenters. The lowest BCUT2D eigenvalue weighted by molar-refractivity contribution is -0.00301. The van der Waals surface area contributed by atoms with Gasteiger partial charge in [-0.3, -0.25) is 4.79 Å². The summed E-state index contributed by atoms with van der Waals surface area (Å²) in [5.41, 5.74) is 3.14. The lowest BCUT2D eigenvalue weighted by Gasteiger charge is -2.38. The first kappa shape index (κ1) is 16.6. The highest BCUT2D eigenvalue weighted by atomic mass is 16.5. The highest BCUT2D eigenvalue weighted by Crippen LogP contribution is 2.25. The number of aryl methyl sites for hydroxylation is 1. The van der Waals surface area contributed by atoms with Gasteiger partial charge in [-0.1, -0.05) is 29.8 Å². The molecule has 5 nitrogen and oxygen atoms in total. The van der Waals surface area contributed by atoms with E-state index in [-0.39, 0.29) is 12.0 Å². The van der Waals surface area contributed by atoms with Crippen molar-refractivity contribution >= 4 is 5.91 Å². The lowest BCUT2D eigenvalue weighted by Crippen LogP contribution is -2.47. The van der Waals surface area contributed by atoms with E-state index in [1.807, 2.05) is 4.90 Å². The number of carbonyl (C=O) groups is 1. The van der Waals surface area contributed by atoms with Gasteiger partial charge in [0, 0.05) is 26.1 Å². The molecule has 0 N–H and O–H groups in total. The first-order valence-corrected chi connectivity index (χ1v) is 8.31. The van der Waals surface area contributed by atoms with Crippen molar-refractivity contribution < 1.29 is 9.53 Å². The fraction of sp³-hybridized carbons (Fsp3) is 0.421. The van der Waals surface area contributed by atoms with Crippen LogP contribution < -0.4 is 0 Å². The molecule has 1 aromatic carbocycles. The minimum atomic E-state index is 0.0219. The molecular formula is C19H23N3O2. The molecule has 126 valence electrons. The zero-order valence-corrected chi connectivity index (χ0v) is 14.2. The van der Waals surface area contributed by atoms with Crippen molar-refractivity contribution in [3.05, 3.63) is 59.4 Å². The standard InChI is InChI=1S/C19H23N3O2/c1-14-4-3-5-15(10-14)11-17-13-22(9-7-18(17)24-2)19(23)16-6-8-20-21-12-16/h3-6,8,10,12,17-18H,7,9,11,13H2,1-2H3/t17-,18-/m0/s1. The topological polar surface area (TPSA) is 55.3 Å². The van der Waals surface area contributed by atoms with Gasteiger partial charge < -0.3 is 9.64 Å². The predicted molar refractivity (Wildman–Crippen MR) is 91.7 cm³/mol. The van der Waals surface area contributed by atoms with Crippen molar-refractivity contribution in [1.29, 1.82) is 0 Å². The summed E-state index contributed by atoms with van der Waals surface area (Å²) in [7, 11) is 1.76. The third kappa shape index (κ3) is 3.79. The Morgan fingerprint density at radius 2 is 2.21 bits per heavy atom. The number of hydrogen-bond acceptors (Lipinski definition) is 4. The van der Waals surface area contributed by atoms with Crippen molar-refractivity contribution in [2.24, 2.45) is 5.92 Å². The summed E-state index contributed by atoms with van der Waals surface area (Å²) in [4.78, 5) is 14.6. The van der Waals surface area contributed by atoms with E-state index in [0.29, 0.717) is 24.6 Å². The summed E-state index contributed by atoms with van der Waals surface area (Å²) in [6, 6.07) is 10.3. The molecule has 0 spiro atoms. The van der Waals surface area contributed by atoms with Gasteiger partial charge in [0.25, 0.3) is 5.91 Å². The summed E-state index contributed by atoms with van der Waals surface area (Å²) in [6.45, 7) is 3.52. The molecule has 5 heteroatoms. The lowest BCUT2D eigenvalue weighted by atomic mass is 9.88. The van der Waals surface area contributed by atoms with Gasteiger partial charge in [0.1, 0.15) is 0 Å². The Labute approximate surface area is 142 Å². The minimum absolute atomic E-state index is 0.0219. The van der Waals surface area contributed by atoms with Crippen LogP contribution in [-0.4, -0.2) is 47.3 Å². The number of methoxy groups -OCH3 is 1. The predicted octanol–water partition coefficient (Wildman–Crippen LogP) is 2.50. The zero-order chi connectivity index (χ0) is 16.9. The second-order valence-corrected chi connectivity index (χ2v) is 6.40. The summed E-state index contributed by atoms with van der Waals surface area (Å²) in [6.07, 6.45) is 5.04. The molecule has 1 fully saturated rings. The Hall–Kier alpha value is -2.27. The third-order valence-corrected chi connectivity index (χ3v) is 4.67. The van der Waals surface area contributed by atoms with E-state index in [9.17, 15) is 4.79 Å². The van der Waals surface area contributed by atoms with E-state index in [1.54, 1.807) is 19.4 Å². The summed E-state index contributed by atoms with van der Waals surface area (Å²) in [5, 5.41) is 7.54. The van der Waals surface area contributed by atoms with Crippen molar-refractivity contribution in [3.63, 3.8) is 0 Å². The maximum absolute atomic E-state index is 12.7. The largest absolute Gasteiger partial charge is 0.381 e. The molecule has 2 atom stereocenters. The molecule has 0 saturated carbocycles. The van der Waals surface area contributed by atoms with Gasteiger partial charge >= 0.3 is 0 Å². The molecule has 1 aromatic heterocycles. The number of carbonyl (C=O) groups excluding carboxylic acids is 1. The van der Waals surface area contributed by atoms with Crippen molar-refractivity contribution in [2.75, 3.05) is 20.2 Å². The Bertz CT molecular complexity index is 690. The van der Waals surface area contributed by atoms with Crippen LogP contribution in [0.1, 0.15) is 27.9 Å². The Kier molecular flexibility index (Phi) is 5.20. The van der Waals surface area contributed by atoms with Crippen LogP contribution in [0.4, 0.5) is 0 Å². The van der Waals surface area contributed by atoms with Gasteiger partial charge in [0.15, 0.2) is 0 Å². The van der Waals surface area contributed by atoms with Crippen molar-refractivity contribution in [2.45, 2.75) is 25.9 Å². The molecule has 1 saturated heterocycles. The molecule has 0 bridgehead atoms. The highest BCUT2D eigenvalue weighted by Gasteiger charge is 2.32. The monoisotopic (exact) mass is 325 g/mol. The van der Waals surface area contributed by atoms with Gasteiger partial charge in [0.05, 0.1) is 24.1 Å². The van der Waals surface area contributed by atoms with Gasteiger partial charge in [-0.15, -0.1) is 0 Å². The molecule has 3 rings (SSSR count). The number of benzene rings is 1. The normalized spacial score (nSPS) is 20.8. The summed E-state index contributed by atoms with van der Waals surface area (Å²) in [5.74, 6) is 0.318. The minimum Gasteiger partial charge on any atom is -0.381 e. The van der Waals surface area contributed by atoms with E-state index in [0.717, 1.165) is 12.8 Å². The maximum Gasteiger partial charge on any atom is 0.255 e. The Morgan fingerprint density at radius 3 is 2.92 bits per heavy atom. The van der Waals surface area contributed by atoms with Crippen LogP contribution in [0.2, 0.25) is 0 Å². The summed E-state index contributed by atoms with van der Waals surface area (Å²) < 4.78 is 5.68. The molecule has 1 amide bonds. The van der Waals surface area contributed by atoms with Crippen LogP contribution in [0, 0.1) is 12.8 Å². The number of piperidine rings is 1. The van der Waals surface area contributed by atoms with Crippen LogP contribution >= 0.6 is 0 Å². The number of hydrogen-bond donors (Lipinski definition) is 0. The zero-order valence-electron chi connectivity index (χ0n) is 14.2. The van der Waals surface area contributed by atoms with E-state index < -0.39 is 0 Å². The number of likely N-dealkylation sites (tertiary alicyclic amines) is 1. The molecule has 24 heavy (non-hydrogen) atoms. The fourth-order valence-electron chi connectivity index (χ4n) is 3.44. The van der Waals surface area contributed by atoms with E-state index in [2.05, 4.69) is 41.4 Å². The molecular weight excluding hydrogens is 302 g/mol. The van der Waals surface area contributed by atoms with Crippen molar-refractivity contribution in [1.82, 2.24) is 15.1 Å². The van der Waals surface area contributed by atoms with Crippen LogP contribution in [0.15, 0.2) is 42.7 Å². The Morgan fingerprint density at radius 1 is 1.33 bits per heavy atom. The number of rotatable bonds is 4. The first-order chi connectivity index (χ1) is 11.7. The fourth-order valence-corrected chi connectivity index (χ4v) is 3.44. The molecule has 0 radical (unpaired) electrons. The van der Waals surface area contributed by atoms with Crippen LogP contribution in [-0.2, 0) is 11.2 Å². The van der Waals surface area contributed by atoms with Crippen LogP contribution in [0.25, 0.3) is 0 Å². The SMILES string of the molecule is CO[C@H]1CCN(C(=O)c2ccnnc2)C[C@@H]1Cc1cccc(C)c1. The number of ether oxygens (including phenoxy) is 1. The van der Waals surface area contributed by atoms with Crippen LogP contribution in [0.3, 0.4) is 0 Å². The molecule has 1 aliphatic heterocycles. The molecule has 1 aliphatic rings. The quantitative estimate of drug-likeness (QED) is 0.867. The smallest absolute Gasteiger partial charge is 0.255 e. The third-order valence-electron chi connectivity index (χ3n) is 4.67. The maximum atomic E-state index is 12.7. The number of aromatic nitrogens is 2.